The van der Waals surface area contributed by atoms with Crippen LogP contribution in [0.3, 0.4) is 0 Å². The van der Waals surface area contributed by atoms with Crippen LogP contribution in [0.15, 0.2) is 6.08 Å². The topological polar surface area (TPSA) is 49.6 Å². The number of hydrogen-bond acceptors (Lipinski definition) is 3. The van der Waals surface area contributed by atoms with E-state index in [0.29, 0.717) is 17.4 Å². The van der Waals surface area contributed by atoms with E-state index in [2.05, 4.69) is 16.0 Å². The van der Waals surface area contributed by atoms with Crippen LogP contribution in [0.2, 0.25) is 0 Å². The van der Waals surface area contributed by atoms with E-state index in [9.17, 15) is 0 Å². The minimum atomic E-state index is 0.514. The number of aromatic nitrogens is 2. The molecule has 1 aliphatic carbocycles. The first kappa shape index (κ1) is 9.85. The molecule has 76 valence electrons. The molecule has 0 unspecified atom stereocenters. The number of hydrogen-bond donors (Lipinski definition) is 0. The molecule has 3 nitrogen and oxygen atoms in total. The Labute approximate surface area is 89.5 Å². The molecule has 0 aromatic carbocycles. The normalized spacial score (nSPS) is 15.5. The summed E-state index contributed by atoms with van der Waals surface area (Å²) in [5.41, 5.74) is 2.53. The van der Waals surface area contributed by atoms with Gasteiger partial charge >= 0.3 is 0 Å². The van der Waals surface area contributed by atoms with Crippen molar-refractivity contribution in [2.75, 3.05) is 0 Å². The highest BCUT2D eigenvalue weighted by atomic mass is 14.9. The molecule has 1 heterocycles. The molecule has 0 bridgehead atoms. The van der Waals surface area contributed by atoms with Crippen molar-refractivity contribution in [2.45, 2.75) is 32.6 Å². The highest BCUT2D eigenvalue weighted by Gasteiger charge is 2.28. The molecule has 0 spiro atoms. The SMILES string of the molecule is C/C=C/c1nc(C#N)c(C)c(C2CC2)n1. The van der Waals surface area contributed by atoms with E-state index in [1.165, 1.54) is 12.8 Å². The number of nitrogens with zero attached hydrogens (tertiary/aromatic N) is 3. The molecule has 2 rings (SSSR count). The summed E-state index contributed by atoms with van der Waals surface area (Å²) in [7, 11) is 0. The molecule has 0 radical (unpaired) electrons. The lowest BCUT2D eigenvalue weighted by Crippen LogP contribution is -2.02. The number of nitriles is 1. The van der Waals surface area contributed by atoms with Gasteiger partial charge in [0.05, 0.1) is 5.69 Å². The summed E-state index contributed by atoms with van der Waals surface area (Å²) >= 11 is 0. The van der Waals surface area contributed by atoms with E-state index in [1.54, 1.807) is 0 Å². The van der Waals surface area contributed by atoms with Gasteiger partial charge in [-0.1, -0.05) is 6.08 Å². The van der Waals surface area contributed by atoms with Crippen molar-refractivity contribution in [2.24, 2.45) is 0 Å². The minimum Gasteiger partial charge on any atom is -0.233 e. The van der Waals surface area contributed by atoms with Crippen LogP contribution in [0.4, 0.5) is 0 Å². The maximum absolute atomic E-state index is 8.97. The van der Waals surface area contributed by atoms with Crippen molar-refractivity contribution < 1.29 is 0 Å². The Morgan fingerprint density at radius 1 is 1.40 bits per heavy atom. The quantitative estimate of drug-likeness (QED) is 0.735. The zero-order chi connectivity index (χ0) is 10.8. The summed E-state index contributed by atoms with van der Waals surface area (Å²) in [4.78, 5) is 8.68. The lowest BCUT2D eigenvalue weighted by atomic mass is 10.1. The van der Waals surface area contributed by atoms with Gasteiger partial charge in [-0.25, -0.2) is 9.97 Å². The molecule has 3 heteroatoms. The minimum absolute atomic E-state index is 0.514. The molecule has 1 aromatic heterocycles. The van der Waals surface area contributed by atoms with E-state index in [1.807, 2.05) is 26.0 Å². The monoisotopic (exact) mass is 199 g/mol. The molecule has 15 heavy (non-hydrogen) atoms. The lowest BCUT2D eigenvalue weighted by Gasteiger charge is -2.05. The third-order valence-corrected chi connectivity index (χ3v) is 2.59. The van der Waals surface area contributed by atoms with Gasteiger partial charge < -0.3 is 0 Å². The summed E-state index contributed by atoms with van der Waals surface area (Å²) < 4.78 is 0. The molecule has 0 saturated heterocycles. The van der Waals surface area contributed by atoms with E-state index < -0.39 is 0 Å². The average molecular weight is 199 g/mol. The van der Waals surface area contributed by atoms with Gasteiger partial charge in [0.1, 0.15) is 11.8 Å². The Bertz CT molecular complexity index is 451. The molecule has 0 atom stereocenters. The van der Waals surface area contributed by atoms with Gasteiger partial charge in [-0.2, -0.15) is 5.26 Å². The molecule has 0 aliphatic heterocycles. The molecular weight excluding hydrogens is 186 g/mol. The van der Waals surface area contributed by atoms with Gasteiger partial charge in [0.15, 0.2) is 5.82 Å². The Kier molecular flexibility index (Phi) is 2.51. The van der Waals surface area contributed by atoms with Crippen LogP contribution in [-0.4, -0.2) is 9.97 Å². The van der Waals surface area contributed by atoms with E-state index >= 15 is 0 Å². The molecule has 0 amide bonds. The lowest BCUT2D eigenvalue weighted by molar-refractivity contribution is 0.937. The summed E-state index contributed by atoms with van der Waals surface area (Å²) in [6.45, 7) is 3.86. The van der Waals surface area contributed by atoms with Crippen LogP contribution in [0.25, 0.3) is 6.08 Å². The van der Waals surface area contributed by atoms with Crippen LogP contribution >= 0.6 is 0 Å². The first-order chi connectivity index (χ1) is 7.26. The zero-order valence-electron chi connectivity index (χ0n) is 8.99. The standard InChI is InChI=1S/C12H13N3/c1-3-4-11-14-10(7-13)8(2)12(15-11)9-5-6-9/h3-4,9H,5-6H2,1-2H3/b4-3+. The number of rotatable bonds is 2. The van der Waals surface area contributed by atoms with Crippen molar-refractivity contribution in [3.05, 3.63) is 28.9 Å². The first-order valence-corrected chi connectivity index (χ1v) is 5.17. The van der Waals surface area contributed by atoms with Gasteiger partial charge in [-0.3, -0.25) is 0 Å². The second-order valence-corrected chi connectivity index (χ2v) is 3.83. The summed E-state index contributed by atoms with van der Waals surface area (Å²) in [6, 6.07) is 2.13. The Balaban J connectivity index is 2.53. The zero-order valence-corrected chi connectivity index (χ0v) is 8.99. The largest absolute Gasteiger partial charge is 0.233 e. The van der Waals surface area contributed by atoms with Crippen molar-refractivity contribution in [1.29, 1.82) is 5.26 Å². The van der Waals surface area contributed by atoms with Gasteiger partial charge in [-0.15, -0.1) is 0 Å². The fraction of sp³-hybridized carbons (Fsp3) is 0.417. The summed E-state index contributed by atoms with van der Waals surface area (Å²) in [6.07, 6.45) is 6.12. The molecule has 1 aromatic rings. The van der Waals surface area contributed by atoms with Crippen molar-refractivity contribution >= 4 is 6.08 Å². The summed E-state index contributed by atoms with van der Waals surface area (Å²) in [5.74, 6) is 1.21. The Morgan fingerprint density at radius 2 is 2.13 bits per heavy atom. The van der Waals surface area contributed by atoms with Gasteiger partial charge in [0, 0.05) is 11.5 Å². The molecule has 1 saturated carbocycles. The first-order valence-electron chi connectivity index (χ1n) is 5.17. The molecule has 0 N–H and O–H groups in total. The fourth-order valence-electron chi connectivity index (χ4n) is 1.64. The maximum atomic E-state index is 8.97. The number of allylic oxidation sites excluding steroid dienone is 1. The Morgan fingerprint density at radius 3 is 2.67 bits per heavy atom. The molecular formula is C12H13N3. The second kappa shape index (κ2) is 3.82. The van der Waals surface area contributed by atoms with Crippen LogP contribution in [0, 0.1) is 18.3 Å². The van der Waals surface area contributed by atoms with E-state index in [0.717, 1.165) is 11.3 Å². The molecule has 1 aliphatic rings. The van der Waals surface area contributed by atoms with Gasteiger partial charge in [-0.05, 0) is 32.8 Å². The van der Waals surface area contributed by atoms with Gasteiger partial charge in [0.2, 0.25) is 0 Å². The predicted molar refractivity (Wildman–Crippen MR) is 58.2 cm³/mol. The highest BCUT2D eigenvalue weighted by Crippen LogP contribution is 2.40. The summed E-state index contributed by atoms with van der Waals surface area (Å²) in [5, 5.41) is 8.97. The van der Waals surface area contributed by atoms with Crippen LogP contribution in [0.1, 0.15) is 48.5 Å². The van der Waals surface area contributed by atoms with Gasteiger partial charge in [0.25, 0.3) is 0 Å². The highest BCUT2D eigenvalue weighted by molar-refractivity contribution is 5.45. The fourth-order valence-corrected chi connectivity index (χ4v) is 1.64. The van der Waals surface area contributed by atoms with Crippen LogP contribution < -0.4 is 0 Å². The van der Waals surface area contributed by atoms with E-state index in [-0.39, 0.29) is 0 Å². The van der Waals surface area contributed by atoms with E-state index in [4.69, 9.17) is 5.26 Å². The average Bonchev–Trinajstić information content (AvgIpc) is 3.04. The third-order valence-electron chi connectivity index (χ3n) is 2.59. The molecule has 1 fully saturated rings. The van der Waals surface area contributed by atoms with Crippen LogP contribution in [0.5, 0.6) is 0 Å². The van der Waals surface area contributed by atoms with Crippen molar-refractivity contribution in [1.82, 2.24) is 9.97 Å². The predicted octanol–water partition coefficient (Wildman–Crippen LogP) is 2.57. The Hall–Kier alpha value is -1.69. The third kappa shape index (κ3) is 1.89. The van der Waals surface area contributed by atoms with Crippen molar-refractivity contribution in [3.8, 4) is 6.07 Å². The van der Waals surface area contributed by atoms with Crippen molar-refractivity contribution in [3.63, 3.8) is 0 Å². The maximum Gasteiger partial charge on any atom is 0.153 e. The smallest absolute Gasteiger partial charge is 0.153 e. The van der Waals surface area contributed by atoms with Crippen LogP contribution in [-0.2, 0) is 0 Å². The second-order valence-electron chi connectivity index (χ2n) is 3.83.